The highest BCUT2D eigenvalue weighted by Crippen LogP contribution is 1.92. The number of ether oxygens (including phenoxy) is 1. The fourth-order valence-corrected chi connectivity index (χ4v) is 0.922. The summed E-state index contributed by atoms with van der Waals surface area (Å²) in [4.78, 5) is 14.9. The Kier molecular flexibility index (Phi) is 4.01. The number of carbonyl (C=O) groups is 1. The van der Waals surface area contributed by atoms with E-state index in [0.717, 1.165) is 0 Å². The molecule has 8 nitrogen and oxygen atoms in total. The minimum absolute atomic E-state index is 0.00223. The summed E-state index contributed by atoms with van der Waals surface area (Å²) >= 11 is 0. The molecule has 15 heavy (non-hydrogen) atoms. The van der Waals surface area contributed by atoms with Gasteiger partial charge in [0.1, 0.15) is 0 Å². The molecule has 1 rings (SSSR count). The maximum absolute atomic E-state index is 11.3. The number of nitrogens with zero attached hydrogens (tertiary/aromatic N) is 2. The van der Waals surface area contributed by atoms with E-state index in [0.29, 0.717) is 0 Å². The molecule has 1 amide bonds. The van der Waals surface area contributed by atoms with Gasteiger partial charge in [0.05, 0.1) is 12.7 Å². The molecule has 84 valence electrons. The number of methoxy groups -OCH3 is 1. The van der Waals surface area contributed by atoms with E-state index in [1.54, 1.807) is 0 Å². The largest absolute Gasteiger partial charge is 0.389 e. The number of amides is 1. The van der Waals surface area contributed by atoms with Crippen molar-refractivity contribution in [2.45, 2.75) is 6.10 Å². The van der Waals surface area contributed by atoms with E-state index in [-0.39, 0.29) is 24.9 Å². The van der Waals surface area contributed by atoms with Crippen LogP contribution in [0.1, 0.15) is 10.6 Å². The first kappa shape index (κ1) is 11.4. The van der Waals surface area contributed by atoms with E-state index in [4.69, 9.17) is 5.73 Å². The zero-order valence-corrected chi connectivity index (χ0v) is 8.23. The van der Waals surface area contributed by atoms with Crippen LogP contribution in [-0.2, 0) is 4.74 Å². The van der Waals surface area contributed by atoms with Crippen molar-refractivity contribution in [1.29, 1.82) is 0 Å². The number of nitrogen functional groups attached to an aromatic ring is 1. The zero-order chi connectivity index (χ0) is 11.3. The second-order valence-electron chi connectivity index (χ2n) is 2.86. The van der Waals surface area contributed by atoms with Gasteiger partial charge in [-0.3, -0.25) is 9.89 Å². The molecule has 0 aliphatic carbocycles. The Balaban J connectivity index is 2.36. The van der Waals surface area contributed by atoms with Crippen molar-refractivity contribution in [2.75, 3.05) is 26.0 Å². The lowest BCUT2D eigenvalue weighted by Gasteiger charge is -2.09. The maximum atomic E-state index is 11.3. The smallest absolute Gasteiger partial charge is 0.288 e. The Morgan fingerprint density at radius 2 is 2.53 bits per heavy atom. The molecular formula is C7H13N5O3. The van der Waals surface area contributed by atoms with Gasteiger partial charge in [-0.1, -0.05) is 0 Å². The summed E-state index contributed by atoms with van der Waals surface area (Å²) < 4.78 is 4.69. The number of hydrogen-bond acceptors (Lipinski definition) is 6. The van der Waals surface area contributed by atoms with Gasteiger partial charge in [-0.05, 0) is 0 Å². The average molecular weight is 215 g/mol. The number of nitrogens with one attached hydrogen (secondary N) is 2. The molecule has 0 bridgehead atoms. The number of aliphatic hydroxyl groups is 1. The summed E-state index contributed by atoms with van der Waals surface area (Å²) in [6.45, 7) is 0.228. The molecule has 1 aromatic heterocycles. The van der Waals surface area contributed by atoms with Crippen LogP contribution in [0.5, 0.6) is 0 Å². The summed E-state index contributed by atoms with van der Waals surface area (Å²) in [5.74, 6) is -0.468. The van der Waals surface area contributed by atoms with Crippen LogP contribution < -0.4 is 11.1 Å². The highest BCUT2D eigenvalue weighted by Gasteiger charge is 2.12. The number of aromatic amines is 1. The number of aliphatic hydroxyl groups excluding tert-OH is 1. The highest BCUT2D eigenvalue weighted by molar-refractivity contribution is 5.90. The molecule has 0 saturated carbocycles. The lowest BCUT2D eigenvalue weighted by atomic mass is 10.3. The number of carbonyl (C=O) groups excluding carboxylic acids is 1. The molecule has 0 radical (unpaired) electrons. The first-order chi connectivity index (χ1) is 7.13. The molecule has 1 heterocycles. The zero-order valence-electron chi connectivity index (χ0n) is 8.23. The highest BCUT2D eigenvalue weighted by atomic mass is 16.5. The molecule has 0 saturated heterocycles. The van der Waals surface area contributed by atoms with Crippen LogP contribution in [0.15, 0.2) is 0 Å². The standard InChI is InChI=1S/C7H13N5O3/c1-15-3-4(13)2-9-6(14)5-10-7(8)12-11-5/h4,13H,2-3H2,1H3,(H,9,14)(H3,8,10,11,12). The third-order valence-corrected chi connectivity index (χ3v) is 1.58. The lowest BCUT2D eigenvalue weighted by molar-refractivity contribution is 0.0607. The third-order valence-electron chi connectivity index (χ3n) is 1.58. The van der Waals surface area contributed by atoms with Crippen molar-refractivity contribution >= 4 is 11.9 Å². The van der Waals surface area contributed by atoms with Crippen molar-refractivity contribution < 1.29 is 14.6 Å². The van der Waals surface area contributed by atoms with Crippen molar-refractivity contribution in [3.8, 4) is 0 Å². The Morgan fingerprint density at radius 3 is 3.07 bits per heavy atom. The molecule has 8 heteroatoms. The van der Waals surface area contributed by atoms with Gasteiger partial charge in [0, 0.05) is 13.7 Å². The number of nitrogens with two attached hydrogens (primary N) is 1. The van der Waals surface area contributed by atoms with Crippen LogP contribution >= 0.6 is 0 Å². The first-order valence-corrected chi connectivity index (χ1v) is 4.26. The van der Waals surface area contributed by atoms with Gasteiger partial charge in [0.25, 0.3) is 5.91 Å². The van der Waals surface area contributed by atoms with Crippen LogP contribution in [0.25, 0.3) is 0 Å². The summed E-state index contributed by atoms with van der Waals surface area (Å²) in [6, 6.07) is 0. The van der Waals surface area contributed by atoms with Gasteiger partial charge >= 0.3 is 0 Å². The minimum Gasteiger partial charge on any atom is -0.389 e. The predicted molar refractivity (Wildman–Crippen MR) is 51.0 cm³/mol. The second kappa shape index (κ2) is 5.27. The van der Waals surface area contributed by atoms with Gasteiger partial charge in [0.15, 0.2) is 0 Å². The molecule has 0 fully saturated rings. The molecule has 0 aliphatic heterocycles. The fraction of sp³-hybridized carbons (Fsp3) is 0.571. The van der Waals surface area contributed by atoms with Crippen LogP contribution in [-0.4, -0.2) is 52.6 Å². The lowest BCUT2D eigenvalue weighted by Crippen LogP contribution is -2.34. The van der Waals surface area contributed by atoms with Crippen molar-refractivity contribution in [3.05, 3.63) is 5.82 Å². The number of anilines is 1. The van der Waals surface area contributed by atoms with Crippen molar-refractivity contribution in [1.82, 2.24) is 20.5 Å². The molecule has 5 N–H and O–H groups in total. The first-order valence-electron chi connectivity index (χ1n) is 4.26. The van der Waals surface area contributed by atoms with E-state index >= 15 is 0 Å². The molecular weight excluding hydrogens is 202 g/mol. The minimum atomic E-state index is -0.751. The molecule has 1 unspecified atom stereocenters. The maximum Gasteiger partial charge on any atom is 0.288 e. The van der Waals surface area contributed by atoms with E-state index in [1.165, 1.54) is 7.11 Å². The summed E-state index contributed by atoms with van der Waals surface area (Å²) in [6.07, 6.45) is -0.751. The van der Waals surface area contributed by atoms with Crippen molar-refractivity contribution in [3.63, 3.8) is 0 Å². The van der Waals surface area contributed by atoms with Gasteiger partial charge in [-0.15, -0.1) is 5.10 Å². The Hall–Kier alpha value is -1.67. The Morgan fingerprint density at radius 1 is 1.80 bits per heavy atom. The van der Waals surface area contributed by atoms with Gasteiger partial charge < -0.3 is 20.9 Å². The topological polar surface area (TPSA) is 126 Å². The van der Waals surface area contributed by atoms with Crippen LogP contribution in [0, 0.1) is 0 Å². The van der Waals surface area contributed by atoms with Crippen molar-refractivity contribution in [2.24, 2.45) is 0 Å². The second-order valence-corrected chi connectivity index (χ2v) is 2.86. The van der Waals surface area contributed by atoms with E-state index in [2.05, 4.69) is 25.2 Å². The average Bonchev–Trinajstić information content (AvgIpc) is 2.62. The summed E-state index contributed by atoms with van der Waals surface area (Å²) in [5, 5.41) is 17.5. The molecule has 0 spiro atoms. The number of hydrogen-bond donors (Lipinski definition) is 4. The van der Waals surface area contributed by atoms with Gasteiger partial charge in [-0.2, -0.15) is 4.98 Å². The third kappa shape index (κ3) is 3.52. The number of rotatable bonds is 5. The van der Waals surface area contributed by atoms with Crippen LogP contribution in [0.3, 0.4) is 0 Å². The Labute approximate surface area is 85.8 Å². The van der Waals surface area contributed by atoms with E-state index < -0.39 is 12.0 Å². The van der Waals surface area contributed by atoms with E-state index in [9.17, 15) is 9.90 Å². The van der Waals surface area contributed by atoms with E-state index in [1.807, 2.05) is 0 Å². The predicted octanol–water partition coefficient (Wildman–Crippen LogP) is -1.88. The molecule has 0 aromatic carbocycles. The molecule has 0 aliphatic rings. The van der Waals surface area contributed by atoms with Gasteiger partial charge in [-0.25, -0.2) is 0 Å². The van der Waals surface area contributed by atoms with Crippen LogP contribution in [0.2, 0.25) is 0 Å². The normalized spacial score (nSPS) is 12.4. The number of aromatic nitrogens is 3. The summed E-state index contributed by atoms with van der Waals surface area (Å²) in [5.41, 5.74) is 5.22. The molecule has 1 aromatic rings. The molecule has 1 atom stereocenters. The summed E-state index contributed by atoms with van der Waals surface area (Å²) in [7, 11) is 1.46. The van der Waals surface area contributed by atoms with Gasteiger partial charge in [0.2, 0.25) is 11.8 Å². The quantitative estimate of drug-likeness (QED) is 0.455. The monoisotopic (exact) mass is 215 g/mol. The SMILES string of the molecule is COCC(O)CNC(=O)c1nc(N)n[nH]1. The number of H-pyrrole nitrogens is 1. The fourth-order valence-electron chi connectivity index (χ4n) is 0.922. The van der Waals surface area contributed by atoms with Crippen LogP contribution in [0.4, 0.5) is 5.95 Å². The Bertz CT molecular complexity index is 326.